The van der Waals surface area contributed by atoms with Crippen molar-refractivity contribution in [3.63, 3.8) is 0 Å². The second-order valence-corrected chi connectivity index (χ2v) is 8.57. The van der Waals surface area contributed by atoms with Gasteiger partial charge >= 0.3 is 0 Å². The van der Waals surface area contributed by atoms with Crippen LogP contribution in [0.25, 0.3) is 10.9 Å². The van der Waals surface area contributed by atoms with Crippen molar-refractivity contribution >= 4 is 16.8 Å². The molecule has 0 aliphatic carbocycles. The summed E-state index contributed by atoms with van der Waals surface area (Å²) in [6.07, 6.45) is 4.60. The molecule has 0 unspecified atom stereocenters. The lowest BCUT2D eigenvalue weighted by Crippen LogP contribution is -2.63. The van der Waals surface area contributed by atoms with Crippen LogP contribution in [0.4, 0.5) is 0 Å². The Balaban J connectivity index is 1.35. The van der Waals surface area contributed by atoms with Crippen molar-refractivity contribution in [2.75, 3.05) is 19.7 Å². The highest BCUT2D eigenvalue weighted by molar-refractivity contribution is 5.78. The number of fused-ring (bicyclic) bond motifs is 1. The fraction of sp³-hybridized carbons (Fsp3) is 0.619. The van der Waals surface area contributed by atoms with E-state index in [1.807, 2.05) is 20.0 Å². The van der Waals surface area contributed by atoms with E-state index in [9.17, 15) is 9.90 Å². The number of carbonyl (C=O) groups excluding carboxylic acids is 1. The van der Waals surface area contributed by atoms with Crippen LogP contribution in [0.3, 0.4) is 0 Å². The summed E-state index contributed by atoms with van der Waals surface area (Å²) in [5, 5.41) is 22.1. The van der Waals surface area contributed by atoms with Crippen LogP contribution in [0.1, 0.15) is 45.1 Å². The maximum absolute atomic E-state index is 11.7. The van der Waals surface area contributed by atoms with Crippen molar-refractivity contribution < 1.29 is 14.6 Å². The molecule has 3 heterocycles. The number of hydrogen-bond acceptors (Lipinski definition) is 5. The number of aliphatic hydroxyl groups is 1. The van der Waals surface area contributed by atoms with Gasteiger partial charge in [0.15, 0.2) is 0 Å². The first-order valence-corrected chi connectivity index (χ1v) is 10.2. The highest BCUT2D eigenvalue weighted by atomic mass is 16.5. The molecule has 28 heavy (non-hydrogen) atoms. The summed E-state index contributed by atoms with van der Waals surface area (Å²) in [6, 6.07) is 6.08. The lowest BCUT2D eigenvalue weighted by atomic mass is 9.75. The van der Waals surface area contributed by atoms with E-state index >= 15 is 0 Å². The summed E-state index contributed by atoms with van der Waals surface area (Å²) in [7, 11) is 0. The third kappa shape index (κ3) is 3.92. The van der Waals surface area contributed by atoms with Crippen molar-refractivity contribution in [3.8, 4) is 0 Å². The fourth-order valence-electron chi connectivity index (χ4n) is 4.54. The van der Waals surface area contributed by atoms with Crippen molar-refractivity contribution in [2.45, 2.75) is 63.3 Å². The fourth-order valence-corrected chi connectivity index (χ4v) is 4.54. The van der Waals surface area contributed by atoms with Crippen LogP contribution in [0.2, 0.25) is 0 Å². The summed E-state index contributed by atoms with van der Waals surface area (Å²) < 4.78 is 6.23. The second kappa shape index (κ2) is 7.46. The number of aromatic nitrogens is 2. The first-order chi connectivity index (χ1) is 13.4. The van der Waals surface area contributed by atoms with Gasteiger partial charge in [0, 0.05) is 37.9 Å². The van der Waals surface area contributed by atoms with Crippen molar-refractivity contribution in [1.82, 2.24) is 20.4 Å². The summed E-state index contributed by atoms with van der Waals surface area (Å²) in [4.78, 5) is 14.2. The van der Waals surface area contributed by atoms with Gasteiger partial charge in [0.1, 0.15) is 0 Å². The molecule has 2 atom stereocenters. The minimum atomic E-state index is -0.948. The Labute approximate surface area is 165 Å². The zero-order valence-electron chi connectivity index (χ0n) is 16.7. The van der Waals surface area contributed by atoms with Crippen LogP contribution in [0.5, 0.6) is 0 Å². The standard InChI is InChI=1S/C21H30N4O3/c1-3-19(26)23-18-13-28-21(14-20(18,2)27)6-8-25(9-7-21)12-15-4-5-16-11-22-24-17(16)10-15/h4-5,10-11,18,27H,3,6-9,12-14H2,1-2H3,(H,22,24)(H,23,26)/t18-,20-/m0/s1. The van der Waals surface area contributed by atoms with E-state index in [0.717, 1.165) is 43.4 Å². The predicted molar refractivity (Wildman–Crippen MR) is 107 cm³/mol. The summed E-state index contributed by atoms with van der Waals surface area (Å²) in [6.45, 7) is 6.77. The molecule has 2 aliphatic heterocycles. The average Bonchev–Trinajstić information content (AvgIpc) is 3.13. The summed E-state index contributed by atoms with van der Waals surface area (Å²) >= 11 is 0. The molecular weight excluding hydrogens is 356 g/mol. The molecule has 1 aromatic carbocycles. The molecule has 7 nitrogen and oxygen atoms in total. The molecule has 2 fully saturated rings. The lowest BCUT2D eigenvalue weighted by Gasteiger charge is -2.51. The van der Waals surface area contributed by atoms with E-state index in [4.69, 9.17) is 4.74 Å². The van der Waals surface area contributed by atoms with Crippen LogP contribution in [-0.4, -0.2) is 63.1 Å². The van der Waals surface area contributed by atoms with Gasteiger partial charge in [-0.15, -0.1) is 0 Å². The molecule has 1 spiro atoms. The smallest absolute Gasteiger partial charge is 0.220 e. The van der Waals surface area contributed by atoms with E-state index in [2.05, 4.69) is 38.6 Å². The molecule has 1 amide bonds. The summed E-state index contributed by atoms with van der Waals surface area (Å²) in [5.41, 5.74) is 1.10. The van der Waals surface area contributed by atoms with Crippen LogP contribution >= 0.6 is 0 Å². The number of nitrogens with one attached hydrogen (secondary N) is 2. The Bertz CT molecular complexity index is 839. The molecule has 7 heteroatoms. The Morgan fingerprint density at radius 1 is 1.43 bits per heavy atom. The number of ether oxygens (including phenoxy) is 1. The average molecular weight is 386 g/mol. The lowest BCUT2D eigenvalue weighted by molar-refractivity contribution is -0.189. The molecule has 3 N–H and O–H groups in total. The van der Waals surface area contributed by atoms with Gasteiger partial charge in [-0.25, -0.2) is 0 Å². The number of nitrogens with zero attached hydrogens (tertiary/aromatic N) is 2. The first kappa shape index (κ1) is 19.4. The monoisotopic (exact) mass is 386 g/mol. The number of likely N-dealkylation sites (tertiary alicyclic amines) is 1. The number of amides is 1. The largest absolute Gasteiger partial charge is 0.388 e. The zero-order valence-corrected chi connectivity index (χ0v) is 16.7. The SMILES string of the molecule is CCC(=O)N[C@H]1COC2(CCN(Cc3ccc4cn[nH]c4c3)CC2)C[C@]1(C)O. The second-order valence-electron chi connectivity index (χ2n) is 8.57. The number of piperidine rings is 1. The Morgan fingerprint density at radius 2 is 2.21 bits per heavy atom. The molecule has 1 aromatic heterocycles. The van der Waals surface area contributed by atoms with Crippen LogP contribution in [0, 0.1) is 0 Å². The molecular formula is C21H30N4O3. The van der Waals surface area contributed by atoms with Crippen LogP contribution in [0.15, 0.2) is 24.4 Å². The van der Waals surface area contributed by atoms with E-state index < -0.39 is 5.60 Å². The minimum absolute atomic E-state index is 0.0473. The molecule has 0 radical (unpaired) electrons. The third-order valence-electron chi connectivity index (χ3n) is 6.32. The number of benzene rings is 1. The number of aromatic amines is 1. The van der Waals surface area contributed by atoms with Gasteiger partial charge in [-0.05, 0) is 31.4 Å². The van der Waals surface area contributed by atoms with Gasteiger partial charge in [-0.2, -0.15) is 5.10 Å². The number of carbonyl (C=O) groups is 1. The third-order valence-corrected chi connectivity index (χ3v) is 6.32. The van der Waals surface area contributed by atoms with Crippen molar-refractivity contribution in [2.24, 2.45) is 0 Å². The van der Waals surface area contributed by atoms with Gasteiger partial charge in [-0.1, -0.05) is 19.1 Å². The van der Waals surface area contributed by atoms with E-state index in [1.54, 1.807) is 0 Å². The maximum atomic E-state index is 11.7. The molecule has 2 aromatic rings. The van der Waals surface area contributed by atoms with E-state index in [0.29, 0.717) is 19.4 Å². The minimum Gasteiger partial charge on any atom is -0.388 e. The van der Waals surface area contributed by atoms with Gasteiger partial charge in [0.2, 0.25) is 5.91 Å². The van der Waals surface area contributed by atoms with Gasteiger partial charge in [-0.3, -0.25) is 14.8 Å². The highest BCUT2D eigenvalue weighted by Gasteiger charge is 2.49. The quantitative estimate of drug-likeness (QED) is 0.747. The number of rotatable bonds is 4. The first-order valence-electron chi connectivity index (χ1n) is 10.2. The van der Waals surface area contributed by atoms with Gasteiger partial charge in [0.05, 0.1) is 35.6 Å². The van der Waals surface area contributed by atoms with Crippen molar-refractivity contribution in [3.05, 3.63) is 30.0 Å². The molecule has 2 aliphatic rings. The Kier molecular flexibility index (Phi) is 5.16. The maximum Gasteiger partial charge on any atom is 0.220 e. The number of hydrogen-bond donors (Lipinski definition) is 3. The normalized spacial score (nSPS) is 27.9. The van der Waals surface area contributed by atoms with Gasteiger partial charge < -0.3 is 15.2 Å². The highest BCUT2D eigenvalue weighted by Crippen LogP contribution is 2.39. The van der Waals surface area contributed by atoms with Crippen LogP contribution < -0.4 is 5.32 Å². The molecule has 0 saturated carbocycles. The van der Waals surface area contributed by atoms with Crippen LogP contribution in [-0.2, 0) is 16.1 Å². The summed E-state index contributed by atoms with van der Waals surface area (Å²) in [5.74, 6) is -0.0473. The molecule has 2 saturated heterocycles. The molecule has 0 bridgehead atoms. The molecule has 152 valence electrons. The van der Waals surface area contributed by atoms with E-state index in [1.165, 1.54) is 5.56 Å². The van der Waals surface area contributed by atoms with Gasteiger partial charge in [0.25, 0.3) is 0 Å². The molecule has 4 rings (SSSR count). The zero-order chi connectivity index (χ0) is 19.8. The predicted octanol–water partition coefficient (Wildman–Crippen LogP) is 1.96. The topological polar surface area (TPSA) is 90.5 Å². The van der Waals surface area contributed by atoms with Crippen molar-refractivity contribution in [1.29, 1.82) is 0 Å². The number of H-pyrrole nitrogens is 1. The Hall–Kier alpha value is -1.96. The Morgan fingerprint density at radius 3 is 2.93 bits per heavy atom. The van der Waals surface area contributed by atoms with E-state index in [-0.39, 0.29) is 17.6 Å².